The zero-order valence-electron chi connectivity index (χ0n) is 18.5. The number of aromatic nitrogens is 4. The molecule has 1 fully saturated rings. The fraction of sp³-hybridized carbons (Fsp3) is 0.333. The highest BCUT2D eigenvalue weighted by molar-refractivity contribution is 5.95. The number of methoxy groups -OCH3 is 2. The minimum absolute atomic E-state index is 0.0587. The van der Waals surface area contributed by atoms with Crippen molar-refractivity contribution < 1.29 is 19.1 Å². The molecule has 8 heteroatoms. The minimum atomic E-state index is -0.447. The largest absolute Gasteiger partial charge is 0.482 e. The normalized spacial score (nSPS) is 13.6. The van der Waals surface area contributed by atoms with Crippen molar-refractivity contribution in [1.29, 1.82) is 0 Å². The lowest BCUT2D eigenvalue weighted by molar-refractivity contribution is 0.0600. The van der Waals surface area contributed by atoms with Gasteiger partial charge >= 0.3 is 5.97 Å². The highest BCUT2D eigenvalue weighted by Crippen LogP contribution is 2.37. The van der Waals surface area contributed by atoms with Crippen LogP contribution in [0.4, 0.5) is 0 Å². The van der Waals surface area contributed by atoms with Gasteiger partial charge < -0.3 is 14.0 Å². The van der Waals surface area contributed by atoms with Gasteiger partial charge in [-0.25, -0.2) is 14.8 Å². The molecule has 0 bridgehead atoms. The summed E-state index contributed by atoms with van der Waals surface area (Å²) in [6.07, 6.45) is 2.37. The molecule has 4 heterocycles. The summed E-state index contributed by atoms with van der Waals surface area (Å²) < 4.78 is 14.5. The van der Waals surface area contributed by atoms with E-state index >= 15 is 0 Å². The molecule has 4 aromatic heterocycles. The molecule has 1 aliphatic carbocycles. The van der Waals surface area contributed by atoms with Gasteiger partial charge in [0.25, 0.3) is 0 Å². The first-order chi connectivity index (χ1) is 15.4. The molecule has 1 aliphatic rings. The average Bonchev–Trinajstić information content (AvgIpc) is 3.46. The van der Waals surface area contributed by atoms with Crippen LogP contribution >= 0.6 is 0 Å². The zero-order chi connectivity index (χ0) is 22.6. The molecule has 0 N–H and O–H groups in total. The SMILES string of the molecule is COC(=O)c1cc(OC)n2c(C)c(-c3cc4ccc(C(C)=O)nc4n3CC3CC3)nc2c1. The summed E-state index contributed by atoms with van der Waals surface area (Å²) in [6.45, 7) is 4.33. The first-order valence-corrected chi connectivity index (χ1v) is 10.6. The van der Waals surface area contributed by atoms with Crippen LogP contribution in [0.25, 0.3) is 28.1 Å². The van der Waals surface area contributed by atoms with Crippen LogP contribution in [0.15, 0.2) is 30.3 Å². The van der Waals surface area contributed by atoms with Crippen molar-refractivity contribution in [1.82, 2.24) is 18.9 Å². The van der Waals surface area contributed by atoms with E-state index in [0.717, 1.165) is 34.7 Å². The summed E-state index contributed by atoms with van der Waals surface area (Å²) in [4.78, 5) is 33.6. The molecule has 32 heavy (non-hydrogen) atoms. The number of ether oxygens (including phenoxy) is 2. The van der Waals surface area contributed by atoms with Crippen molar-refractivity contribution in [3.8, 4) is 17.3 Å². The van der Waals surface area contributed by atoms with Gasteiger partial charge in [-0.15, -0.1) is 0 Å². The monoisotopic (exact) mass is 432 g/mol. The van der Waals surface area contributed by atoms with Crippen molar-refractivity contribution in [2.75, 3.05) is 14.2 Å². The van der Waals surface area contributed by atoms with Gasteiger partial charge in [-0.1, -0.05) is 0 Å². The summed E-state index contributed by atoms with van der Waals surface area (Å²) >= 11 is 0. The molecule has 164 valence electrons. The van der Waals surface area contributed by atoms with E-state index < -0.39 is 5.97 Å². The Bertz CT molecular complexity index is 1390. The lowest BCUT2D eigenvalue weighted by atomic mass is 10.2. The van der Waals surface area contributed by atoms with Crippen LogP contribution in [0.5, 0.6) is 5.88 Å². The Morgan fingerprint density at radius 2 is 1.91 bits per heavy atom. The highest BCUT2D eigenvalue weighted by atomic mass is 16.5. The lowest BCUT2D eigenvalue weighted by Crippen LogP contribution is -2.06. The third-order valence-electron chi connectivity index (χ3n) is 6.03. The number of imidazole rings is 1. The van der Waals surface area contributed by atoms with Gasteiger partial charge in [-0.3, -0.25) is 9.20 Å². The Balaban J connectivity index is 1.75. The summed E-state index contributed by atoms with van der Waals surface area (Å²) in [6, 6.07) is 9.12. The number of fused-ring (bicyclic) bond motifs is 2. The van der Waals surface area contributed by atoms with Crippen LogP contribution in [0.2, 0.25) is 0 Å². The topological polar surface area (TPSA) is 87.7 Å². The summed E-state index contributed by atoms with van der Waals surface area (Å²) in [5, 5.41) is 0.962. The number of nitrogens with zero attached hydrogens (tertiary/aromatic N) is 4. The summed E-state index contributed by atoms with van der Waals surface area (Å²) in [5.41, 5.74) is 4.82. The van der Waals surface area contributed by atoms with Crippen LogP contribution in [0.3, 0.4) is 0 Å². The zero-order valence-corrected chi connectivity index (χ0v) is 18.5. The molecule has 0 spiro atoms. The summed E-state index contributed by atoms with van der Waals surface area (Å²) in [7, 11) is 2.91. The van der Waals surface area contributed by atoms with Gasteiger partial charge in [0.2, 0.25) is 0 Å². The first-order valence-electron chi connectivity index (χ1n) is 10.6. The van der Waals surface area contributed by atoms with Crippen molar-refractivity contribution in [2.45, 2.75) is 33.2 Å². The predicted octanol–water partition coefficient (Wildman–Crippen LogP) is 4.07. The molecule has 1 saturated carbocycles. The van der Waals surface area contributed by atoms with E-state index in [4.69, 9.17) is 14.5 Å². The Kier molecular flexibility index (Phi) is 4.73. The molecule has 0 amide bonds. The Hall–Kier alpha value is -3.68. The smallest absolute Gasteiger partial charge is 0.338 e. The molecule has 0 unspecified atom stereocenters. The van der Waals surface area contributed by atoms with Gasteiger partial charge in [0.05, 0.1) is 31.2 Å². The molecule has 0 aliphatic heterocycles. The van der Waals surface area contributed by atoms with Crippen molar-refractivity contribution >= 4 is 28.4 Å². The van der Waals surface area contributed by atoms with Crippen LogP contribution in [0, 0.1) is 12.8 Å². The maximum atomic E-state index is 12.1. The number of esters is 1. The number of carbonyl (C=O) groups is 2. The number of rotatable bonds is 6. The van der Waals surface area contributed by atoms with Crippen molar-refractivity contribution in [3.63, 3.8) is 0 Å². The summed E-state index contributed by atoms with van der Waals surface area (Å²) in [5.74, 6) is 0.597. The molecule has 4 aromatic rings. The van der Waals surface area contributed by atoms with E-state index in [1.807, 2.05) is 17.4 Å². The molecule has 0 radical (unpaired) electrons. The number of hydrogen-bond donors (Lipinski definition) is 0. The third kappa shape index (κ3) is 3.23. The maximum Gasteiger partial charge on any atom is 0.338 e. The van der Waals surface area contributed by atoms with E-state index in [0.29, 0.717) is 28.7 Å². The number of aryl methyl sites for hydroxylation is 1. The van der Waals surface area contributed by atoms with Crippen molar-refractivity contribution in [3.05, 3.63) is 47.3 Å². The van der Waals surface area contributed by atoms with E-state index in [1.54, 1.807) is 25.3 Å². The molecule has 8 nitrogen and oxygen atoms in total. The molecular weight excluding hydrogens is 408 g/mol. The number of ketones is 1. The van der Waals surface area contributed by atoms with E-state index in [9.17, 15) is 9.59 Å². The number of Topliss-reactive ketones (excluding diaryl/α,β-unsaturated/α-hetero) is 1. The van der Waals surface area contributed by atoms with Gasteiger partial charge in [0.1, 0.15) is 22.7 Å². The Morgan fingerprint density at radius 1 is 1.12 bits per heavy atom. The van der Waals surface area contributed by atoms with E-state index in [-0.39, 0.29) is 5.78 Å². The highest BCUT2D eigenvalue weighted by Gasteiger charge is 2.27. The van der Waals surface area contributed by atoms with Gasteiger partial charge in [0, 0.05) is 24.9 Å². The second-order valence-electron chi connectivity index (χ2n) is 8.27. The van der Waals surface area contributed by atoms with Crippen LogP contribution in [-0.4, -0.2) is 44.9 Å². The Labute approximate surface area is 184 Å². The Morgan fingerprint density at radius 3 is 2.56 bits per heavy atom. The van der Waals surface area contributed by atoms with Gasteiger partial charge in [-0.05, 0) is 49.9 Å². The standard InChI is InChI=1S/C24H24N4O4/c1-13-22(26-20-10-17(24(30)32-4)11-21(31-3)28(13)20)19-9-16-7-8-18(14(2)29)25-23(16)27(19)12-15-5-6-15/h7-11,15H,5-6,12H2,1-4H3. The fourth-order valence-corrected chi connectivity index (χ4v) is 4.17. The van der Waals surface area contributed by atoms with Gasteiger partial charge in [-0.2, -0.15) is 0 Å². The number of hydrogen-bond acceptors (Lipinski definition) is 6. The molecular formula is C24H24N4O4. The third-order valence-corrected chi connectivity index (χ3v) is 6.03. The second-order valence-corrected chi connectivity index (χ2v) is 8.27. The minimum Gasteiger partial charge on any atom is -0.482 e. The van der Waals surface area contributed by atoms with Crippen LogP contribution in [-0.2, 0) is 11.3 Å². The quantitative estimate of drug-likeness (QED) is 0.337. The number of pyridine rings is 2. The van der Waals surface area contributed by atoms with E-state index in [2.05, 4.69) is 15.6 Å². The lowest BCUT2D eigenvalue weighted by Gasteiger charge is -2.10. The van der Waals surface area contributed by atoms with Gasteiger partial charge in [0.15, 0.2) is 11.7 Å². The fourth-order valence-electron chi connectivity index (χ4n) is 4.17. The second kappa shape index (κ2) is 7.47. The number of carbonyl (C=O) groups excluding carboxylic acids is 2. The van der Waals surface area contributed by atoms with Crippen molar-refractivity contribution in [2.24, 2.45) is 5.92 Å². The molecule has 0 aromatic carbocycles. The van der Waals surface area contributed by atoms with Crippen LogP contribution in [0.1, 0.15) is 46.3 Å². The van der Waals surface area contributed by atoms with Crippen LogP contribution < -0.4 is 4.74 Å². The predicted molar refractivity (Wildman–Crippen MR) is 119 cm³/mol. The average molecular weight is 432 g/mol. The first kappa shape index (κ1) is 20.2. The van der Waals surface area contributed by atoms with E-state index in [1.165, 1.54) is 26.9 Å². The molecule has 0 atom stereocenters. The molecule has 0 saturated heterocycles. The molecule has 5 rings (SSSR count). The maximum absolute atomic E-state index is 12.1.